The molecule has 3 aromatic rings. The number of rotatable bonds is 3. The Morgan fingerprint density at radius 3 is 2.16 bits per heavy atom. The third-order valence-electron chi connectivity index (χ3n) is 8.08. The van der Waals surface area contributed by atoms with Gasteiger partial charge in [-0.25, -0.2) is 0 Å². The van der Waals surface area contributed by atoms with Gasteiger partial charge < -0.3 is 9.80 Å². The van der Waals surface area contributed by atoms with E-state index in [1.165, 1.54) is 54.6 Å². The molecule has 1 saturated carbocycles. The summed E-state index contributed by atoms with van der Waals surface area (Å²) in [6, 6.07) is 28.5. The average Bonchev–Trinajstić information content (AvgIpc) is 3.32. The molecule has 6 rings (SSSR count). The standard InChI is InChI=1S/C30H34N2/c1-21-13-9-11-19-26(21)31-22(2)29-28(23-14-5-3-6-15-23)25-18-10-12-20-27(25)32(29)30(31)24-16-7-4-8-17-24/h3,5-6,9-15,18-20,22,24,28-30H,4,7-8,16-17H2,1-2H3/t22-,28?,29?,30?/m0/s1/i28D. The van der Waals surface area contributed by atoms with Gasteiger partial charge in [-0.2, -0.15) is 0 Å². The van der Waals surface area contributed by atoms with E-state index < -0.39 is 5.89 Å². The number of aryl methyl sites for hydroxylation is 1. The fraction of sp³-hybridized carbons (Fsp3) is 0.400. The second-order valence-electron chi connectivity index (χ2n) is 9.90. The molecule has 2 nitrogen and oxygen atoms in total. The van der Waals surface area contributed by atoms with Crippen molar-refractivity contribution in [2.45, 2.75) is 70.1 Å². The highest BCUT2D eigenvalue weighted by Gasteiger charge is 2.55. The largest absolute Gasteiger partial charge is 0.346 e. The van der Waals surface area contributed by atoms with Gasteiger partial charge in [0.15, 0.2) is 0 Å². The van der Waals surface area contributed by atoms with Crippen molar-refractivity contribution in [2.75, 3.05) is 9.80 Å². The average molecular weight is 424 g/mol. The number of hydrogen-bond donors (Lipinski definition) is 0. The van der Waals surface area contributed by atoms with E-state index in [1.54, 1.807) is 0 Å². The molecule has 0 spiro atoms. The predicted octanol–water partition coefficient (Wildman–Crippen LogP) is 7.13. The zero-order valence-corrected chi connectivity index (χ0v) is 19.2. The van der Waals surface area contributed by atoms with Crippen LogP contribution in [-0.2, 0) is 0 Å². The smallest absolute Gasteiger partial charge is 0.105 e. The number of benzene rings is 3. The molecule has 2 aliphatic heterocycles. The highest BCUT2D eigenvalue weighted by molar-refractivity contribution is 5.71. The van der Waals surface area contributed by atoms with Crippen LogP contribution in [0.25, 0.3) is 0 Å². The van der Waals surface area contributed by atoms with E-state index in [0.29, 0.717) is 12.1 Å². The maximum absolute atomic E-state index is 10.1. The molecule has 32 heavy (non-hydrogen) atoms. The molecule has 0 radical (unpaired) electrons. The molecule has 2 fully saturated rings. The lowest BCUT2D eigenvalue weighted by atomic mass is 9.84. The van der Waals surface area contributed by atoms with Crippen LogP contribution in [0.2, 0.25) is 0 Å². The van der Waals surface area contributed by atoms with Gasteiger partial charge >= 0.3 is 0 Å². The molecular formula is C30H34N2. The van der Waals surface area contributed by atoms with Gasteiger partial charge in [0, 0.05) is 24.7 Å². The highest BCUT2D eigenvalue weighted by Crippen LogP contribution is 2.54. The molecule has 1 saturated heterocycles. The molecule has 164 valence electrons. The Morgan fingerprint density at radius 2 is 1.41 bits per heavy atom. The number of hydrogen-bond acceptors (Lipinski definition) is 2. The van der Waals surface area contributed by atoms with Crippen LogP contribution in [0.5, 0.6) is 0 Å². The van der Waals surface area contributed by atoms with Crippen LogP contribution in [-0.4, -0.2) is 18.2 Å². The van der Waals surface area contributed by atoms with E-state index in [4.69, 9.17) is 0 Å². The summed E-state index contributed by atoms with van der Waals surface area (Å²) in [5.41, 5.74) is 6.20. The van der Waals surface area contributed by atoms with Gasteiger partial charge in [0.2, 0.25) is 0 Å². The number of nitrogens with zero attached hydrogens (tertiary/aromatic N) is 2. The molecule has 3 aromatic carbocycles. The monoisotopic (exact) mass is 423 g/mol. The van der Waals surface area contributed by atoms with E-state index >= 15 is 0 Å². The lowest BCUT2D eigenvalue weighted by Crippen LogP contribution is -2.47. The fourth-order valence-electron chi connectivity index (χ4n) is 6.73. The maximum atomic E-state index is 10.1. The Morgan fingerprint density at radius 1 is 0.750 bits per heavy atom. The first-order valence-electron chi connectivity index (χ1n) is 12.9. The van der Waals surface area contributed by atoms with Crippen molar-refractivity contribution >= 4 is 11.4 Å². The van der Waals surface area contributed by atoms with Gasteiger partial charge in [-0.3, -0.25) is 0 Å². The third-order valence-corrected chi connectivity index (χ3v) is 8.08. The fourth-order valence-corrected chi connectivity index (χ4v) is 6.73. The first-order valence-corrected chi connectivity index (χ1v) is 12.4. The molecule has 0 aromatic heterocycles. The van der Waals surface area contributed by atoms with Crippen molar-refractivity contribution in [1.82, 2.24) is 0 Å². The van der Waals surface area contributed by atoms with Crippen molar-refractivity contribution in [3.8, 4) is 0 Å². The van der Waals surface area contributed by atoms with Gasteiger partial charge in [-0.15, -0.1) is 0 Å². The summed E-state index contributed by atoms with van der Waals surface area (Å²) in [6.07, 6.45) is 6.85. The SMILES string of the molecule is [2H]C1(c2ccccc2)c2ccccc2N2C(C3CCCCC3)N(c3ccccc3C)[C@@H](C)C21. The lowest BCUT2D eigenvalue weighted by molar-refractivity contribution is 0.303. The summed E-state index contributed by atoms with van der Waals surface area (Å²) < 4.78 is 10.1. The number of fused-ring (bicyclic) bond motifs is 3. The number of anilines is 2. The molecule has 0 bridgehead atoms. The quantitative estimate of drug-likeness (QED) is 0.442. The Labute approximate surface area is 194 Å². The molecular weight excluding hydrogens is 388 g/mol. The predicted molar refractivity (Wildman–Crippen MR) is 134 cm³/mol. The van der Waals surface area contributed by atoms with Crippen molar-refractivity contribution in [1.29, 1.82) is 0 Å². The summed E-state index contributed by atoms with van der Waals surface area (Å²) in [5, 5.41) is 0. The molecule has 2 heterocycles. The minimum atomic E-state index is -0.790. The van der Waals surface area contributed by atoms with Crippen LogP contribution in [0.15, 0.2) is 78.9 Å². The van der Waals surface area contributed by atoms with Crippen LogP contribution in [0.4, 0.5) is 11.4 Å². The van der Waals surface area contributed by atoms with E-state index in [2.05, 4.69) is 103 Å². The minimum absolute atomic E-state index is 0.0730. The van der Waals surface area contributed by atoms with E-state index in [0.717, 1.165) is 5.56 Å². The lowest BCUT2D eigenvalue weighted by Gasteiger charge is -2.41. The van der Waals surface area contributed by atoms with Gasteiger partial charge in [0.05, 0.1) is 6.04 Å². The van der Waals surface area contributed by atoms with Gasteiger partial charge in [0.25, 0.3) is 0 Å². The van der Waals surface area contributed by atoms with E-state index in [9.17, 15) is 1.37 Å². The normalized spacial score (nSPS) is 30.2. The molecule has 4 atom stereocenters. The maximum Gasteiger partial charge on any atom is 0.105 e. The Bertz CT molecular complexity index is 1140. The Balaban J connectivity index is 1.57. The molecule has 3 aliphatic rings. The summed E-state index contributed by atoms with van der Waals surface area (Å²) in [6.45, 7) is 4.60. The van der Waals surface area contributed by atoms with Crippen LogP contribution in [0.1, 0.15) is 63.0 Å². The first-order chi connectivity index (χ1) is 16.1. The Kier molecular flexibility index (Phi) is 4.69. The van der Waals surface area contributed by atoms with Crippen molar-refractivity contribution in [2.24, 2.45) is 5.92 Å². The summed E-state index contributed by atoms with van der Waals surface area (Å²) in [4.78, 5) is 5.36. The molecule has 0 N–H and O–H groups in total. The van der Waals surface area contributed by atoms with Crippen molar-refractivity contribution in [3.63, 3.8) is 0 Å². The summed E-state index contributed by atoms with van der Waals surface area (Å²) in [5.74, 6) is -0.168. The zero-order chi connectivity index (χ0) is 22.6. The molecule has 0 amide bonds. The zero-order valence-electron chi connectivity index (χ0n) is 20.2. The second kappa shape index (κ2) is 7.99. The van der Waals surface area contributed by atoms with E-state index in [-0.39, 0.29) is 12.1 Å². The van der Waals surface area contributed by atoms with Crippen molar-refractivity contribution in [3.05, 3.63) is 95.6 Å². The minimum Gasteiger partial charge on any atom is -0.346 e. The van der Waals surface area contributed by atoms with Crippen LogP contribution < -0.4 is 9.80 Å². The molecule has 1 aliphatic carbocycles. The number of para-hydroxylation sites is 2. The first kappa shape index (κ1) is 18.8. The summed E-state index contributed by atoms with van der Waals surface area (Å²) in [7, 11) is 0. The topological polar surface area (TPSA) is 6.48 Å². The third kappa shape index (κ3) is 2.99. The highest BCUT2D eigenvalue weighted by atomic mass is 15.5. The Hall–Kier alpha value is -2.74. The van der Waals surface area contributed by atoms with Crippen LogP contribution in [0, 0.1) is 12.8 Å². The second-order valence-corrected chi connectivity index (χ2v) is 9.90. The molecule has 3 unspecified atom stereocenters. The van der Waals surface area contributed by atoms with Gasteiger partial charge in [0.1, 0.15) is 6.17 Å². The van der Waals surface area contributed by atoms with E-state index in [1.807, 2.05) is 0 Å². The molecule has 2 heteroatoms. The van der Waals surface area contributed by atoms with Crippen LogP contribution in [0.3, 0.4) is 0 Å². The van der Waals surface area contributed by atoms with Crippen molar-refractivity contribution < 1.29 is 1.37 Å². The summed E-state index contributed by atoms with van der Waals surface area (Å²) >= 11 is 0. The van der Waals surface area contributed by atoms with Gasteiger partial charge in [-0.05, 0) is 61.4 Å². The van der Waals surface area contributed by atoms with Crippen LogP contribution >= 0.6 is 0 Å². The van der Waals surface area contributed by atoms with Gasteiger partial charge in [-0.1, -0.05) is 86.0 Å².